The Balaban J connectivity index is 2.38. The number of hydrogen-bond donors (Lipinski definition) is 2. The predicted octanol–water partition coefficient (Wildman–Crippen LogP) is 1.40. The Kier molecular flexibility index (Phi) is 3.37. The van der Waals surface area contributed by atoms with Gasteiger partial charge in [0.1, 0.15) is 22.6 Å². The summed E-state index contributed by atoms with van der Waals surface area (Å²) in [5, 5.41) is 21.6. The van der Waals surface area contributed by atoms with Gasteiger partial charge in [0.05, 0.1) is 30.4 Å². The zero-order valence-electron chi connectivity index (χ0n) is 13.3. The van der Waals surface area contributed by atoms with Gasteiger partial charge < -0.3 is 14.3 Å². The summed E-state index contributed by atoms with van der Waals surface area (Å²) in [4.78, 5) is 24.2. The summed E-state index contributed by atoms with van der Waals surface area (Å²) >= 11 is 0. The van der Waals surface area contributed by atoms with Crippen LogP contribution in [0.1, 0.15) is 19.4 Å². The fourth-order valence-electron chi connectivity index (χ4n) is 3.29. The Bertz CT molecular complexity index is 897. The summed E-state index contributed by atoms with van der Waals surface area (Å²) in [6, 6.07) is 4.92. The number of amides is 2. The van der Waals surface area contributed by atoms with E-state index in [4.69, 9.17) is 9.15 Å². The summed E-state index contributed by atoms with van der Waals surface area (Å²) < 4.78 is 10.7. The molecule has 1 aromatic carbocycles. The number of furan rings is 1. The molecular formula is C16H15N3O5. The van der Waals surface area contributed by atoms with Crippen LogP contribution in [0.5, 0.6) is 11.5 Å². The van der Waals surface area contributed by atoms with Gasteiger partial charge in [0.15, 0.2) is 5.92 Å². The molecule has 2 atom stereocenters. The second-order valence-corrected chi connectivity index (χ2v) is 5.68. The Labute approximate surface area is 137 Å². The van der Waals surface area contributed by atoms with Gasteiger partial charge in [-0.2, -0.15) is 5.26 Å². The smallest absolute Gasteiger partial charge is 0.258 e. The van der Waals surface area contributed by atoms with Crippen LogP contribution in [0.3, 0.4) is 0 Å². The van der Waals surface area contributed by atoms with Crippen LogP contribution < -0.4 is 10.2 Å². The number of hydrogen-bond acceptors (Lipinski definition) is 6. The first kappa shape index (κ1) is 15.7. The molecule has 8 nitrogen and oxygen atoms in total. The highest BCUT2D eigenvalue weighted by atomic mass is 16.5. The maximum Gasteiger partial charge on any atom is 0.258 e. The van der Waals surface area contributed by atoms with E-state index >= 15 is 0 Å². The molecular weight excluding hydrogens is 314 g/mol. The number of methoxy groups -OCH3 is 1. The Morgan fingerprint density at radius 2 is 2.29 bits per heavy atom. The fourth-order valence-corrected chi connectivity index (χ4v) is 3.29. The Hall–Kier alpha value is -3.21. The lowest BCUT2D eigenvalue weighted by atomic mass is 9.79. The first-order chi connectivity index (χ1) is 11.4. The predicted molar refractivity (Wildman–Crippen MR) is 81.5 cm³/mol. The molecule has 2 amide bonds. The lowest BCUT2D eigenvalue weighted by molar-refractivity contribution is -0.138. The topological polar surface area (TPSA) is 116 Å². The number of benzene rings is 1. The third-order valence-electron chi connectivity index (χ3n) is 4.36. The first-order valence-corrected chi connectivity index (χ1v) is 7.14. The molecule has 0 radical (unpaired) electrons. The normalized spacial score (nSPS) is 23.2. The van der Waals surface area contributed by atoms with Gasteiger partial charge in [0.2, 0.25) is 5.91 Å². The van der Waals surface area contributed by atoms with Crippen LogP contribution >= 0.6 is 0 Å². The number of nitrogens with one attached hydrogen (secondary N) is 1. The standard InChI is InChI=1S/C16H15N3O5/c1-8(20)19-16(2,10(7-17)15(22)18-19)13-11(21)6-12-9(4-5-24-12)14(13)23-3/h4-6,10,21H,1-3H3,(H,18,22). The second kappa shape index (κ2) is 5.16. The van der Waals surface area contributed by atoms with Crippen LogP contribution in [-0.4, -0.2) is 29.0 Å². The molecule has 1 fully saturated rings. The van der Waals surface area contributed by atoms with Crippen molar-refractivity contribution in [2.45, 2.75) is 19.4 Å². The van der Waals surface area contributed by atoms with E-state index in [2.05, 4.69) is 5.43 Å². The third-order valence-corrected chi connectivity index (χ3v) is 4.36. The summed E-state index contributed by atoms with van der Waals surface area (Å²) in [5.41, 5.74) is 1.50. The fraction of sp³-hybridized carbons (Fsp3) is 0.312. The van der Waals surface area contributed by atoms with E-state index in [-0.39, 0.29) is 17.1 Å². The maximum absolute atomic E-state index is 12.2. The van der Waals surface area contributed by atoms with Crippen molar-refractivity contribution in [3.63, 3.8) is 0 Å². The molecule has 0 bridgehead atoms. The average molecular weight is 329 g/mol. The molecule has 2 N–H and O–H groups in total. The van der Waals surface area contributed by atoms with Crippen LogP contribution in [-0.2, 0) is 15.1 Å². The van der Waals surface area contributed by atoms with Crippen LogP contribution in [0.2, 0.25) is 0 Å². The lowest BCUT2D eigenvalue weighted by Gasteiger charge is -2.35. The van der Waals surface area contributed by atoms with Gasteiger partial charge in [-0.1, -0.05) is 0 Å². The largest absolute Gasteiger partial charge is 0.507 e. The minimum atomic E-state index is -1.45. The van der Waals surface area contributed by atoms with Crippen LogP contribution in [0.15, 0.2) is 22.8 Å². The molecule has 1 aliphatic heterocycles. The first-order valence-electron chi connectivity index (χ1n) is 7.14. The van der Waals surface area contributed by atoms with E-state index in [0.717, 1.165) is 5.01 Å². The molecule has 3 rings (SSSR count). The monoisotopic (exact) mass is 329 g/mol. The minimum Gasteiger partial charge on any atom is -0.507 e. The quantitative estimate of drug-likeness (QED) is 0.860. The number of ether oxygens (including phenoxy) is 1. The molecule has 0 saturated carbocycles. The van der Waals surface area contributed by atoms with E-state index in [1.165, 1.54) is 33.3 Å². The summed E-state index contributed by atoms with van der Waals surface area (Å²) in [5.74, 6) is -2.31. The highest BCUT2D eigenvalue weighted by Crippen LogP contribution is 2.50. The number of nitrogens with zero attached hydrogens (tertiary/aromatic N) is 2. The number of carbonyl (C=O) groups excluding carboxylic acids is 2. The van der Waals surface area contributed by atoms with E-state index in [9.17, 15) is 20.0 Å². The van der Waals surface area contributed by atoms with Gasteiger partial charge >= 0.3 is 0 Å². The molecule has 1 aliphatic rings. The molecule has 124 valence electrons. The molecule has 0 aliphatic carbocycles. The molecule has 2 aromatic rings. The summed E-state index contributed by atoms with van der Waals surface area (Å²) in [6.45, 7) is 2.79. The van der Waals surface area contributed by atoms with Crippen molar-refractivity contribution >= 4 is 22.8 Å². The number of hydrazine groups is 1. The Morgan fingerprint density at radius 1 is 1.58 bits per heavy atom. The zero-order valence-corrected chi connectivity index (χ0v) is 13.3. The van der Waals surface area contributed by atoms with Crippen molar-refractivity contribution in [2.24, 2.45) is 5.92 Å². The molecule has 2 heterocycles. The van der Waals surface area contributed by atoms with Crippen molar-refractivity contribution in [2.75, 3.05) is 7.11 Å². The number of aromatic hydroxyl groups is 1. The van der Waals surface area contributed by atoms with Gasteiger partial charge in [0, 0.05) is 13.0 Å². The van der Waals surface area contributed by atoms with Gasteiger partial charge in [-0.15, -0.1) is 0 Å². The van der Waals surface area contributed by atoms with E-state index in [1.807, 2.05) is 6.07 Å². The lowest BCUT2D eigenvalue weighted by Crippen LogP contribution is -2.49. The van der Waals surface area contributed by atoms with Crippen molar-refractivity contribution in [1.82, 2.24) is 10.4 Å². The van der Waals surface area contributed by atoms with Crippen molar-refractivity contribution in [3.05, 3.63) is 24.0 Å². The number of nitriles is 1. The zero-order chi connectivity index (χ0) is 17.6. The van der Waals surface area contributed by atoms with E-state index in [0.29, 0.717) is 11.0 Å². The summed E-state index contributed by atoms with van der Waals surface area (Å²) in [6.07, 6.45) is 1.43. The molecule has 1 aromatic heterocycles. The number of rotatable bonds is 2. The number of fused-ring (bicyclic) bond motifs is 1. The molecule has 0 spiro atoms. The SMILES string of the molecule is COc1c(C2(C)C(C#N)C(=O)NN2C(C)=O)c(O)cc2occc12. The second-order valence-electron chi connectivity index (χ2n) is 5.68. The van der Waals surface area contributed by atoms with Crippen LogP contribution in [0, 0.1) is 17.2 Å². The number of carbonyl (C=O) groups is 2. The number of phenols is 1. The number of phenolic OH excluding ortho intramolecular Hbond substituents is 1. The van der Waals surface area contributed by atoms with Crippen molar-refractivity contribution in [3.8, 4) is 17.6 Å². The maximum atomic E-state index is 12.2. The van der Waals surface area contributed by atoms with E-state index in [1.54, 1.807) is 6.07 Å². The van der Waals surface area contributed by atoms with Crippen LogP contribution in [0.4, 0.5) is 0 Å². The van der Waals surface area contributed by atoms with Crippen molar-refractivity contribution in [1.29, 1.82) is 5.26 Å². The average Bonchev–Trinajstić information content (AvgIpc) is 3.08. The van der Waals surface area contributed by atoms with Gasteiger partial charge in [-0.3, -0.25) is 15.0 Å². The minimum absolute atomic E-state index is 0.166. The molecule has 24 heavy (non-hydrogen) atoms. The highest BCUT2D eigenvalue weighted by Gasteiger charge is 2.56. The molecule has 1 saturated heterocycles. The van der Waals surface area contributed by atoms with Gasteiger partial charge in [0.25, 0.3) is 5.91 Å². The molecule has 2 unspecified atom stereocenters. The third kappa shape index (κ3) is 1.84. The molecule has 8 heteroatoms. The van der Waals surface area contributed by atoms with Gasteiger partial charge in [-0.25, -0.2) is 5.01 Å². The Morgan fingerprint density at radius 3 is 2.88 bits per heavy atom. The van der Waals surface area contributed by atoms with E-state index < -0.39 is 23.3 Å². The van der Waals surface area contributed by atoms with Crippen molar-refractivity contribution < 1.29 is 23.8 Å². The van der Waals surface area contributed by atoms with Gasteiger partial charge in [-0.05, 0) is 13.0 Å². The highest BCUT2D eigenvalue weighted by molar-refractivity contribution is 5.93. The van der Waals surface area contributed by atoms with Crippen LogP contribution in [0.25, 0.3) is 11.0 Å². The summed E-state index contributed by atoms with van der Waals surface area (Å²) in [7, 11) is 1.40.